The quantitative estimate of drug-likeness (QED) is 0.772. The molecule has 2 rings (SSSR count). The molecule has 0 bridgehead atoms. The molecule has 1 heterocycles. The van der Waals surface area contributed by atoms with Crippen LogP contribution in [0.1, 0.15) is 37.8 Å². The third-order valence-electron chi connectivity index (χ3n) is 2.65. The highest BCUT2D eigenvalue weighted by atomic mass is 14.9. The highest BCUT2D eigenvalue weighted by molar-refractivity contribution is 5.12. The second-order valence-corrected chi connectivity index (χ2v) is 3.94. The van der Waals surface area contributed by atoms with Gasteiger partial charge < -0.3 is 5.32 Å². The average molecular weight is 191 g/mol. The summed E-state index contributed by atoms with van der Waals surface area (Å²) in [5.74, 6) is 0.813. The molecule has 1 atom stereocenters. The lowest BCUT2D eigenvalue weighted by Gasteiger charge is -2.17. The van der Waals surface area contributed by atoms with Crippen molar-refractivity contribution >= 4 is 0 Å². The molecule has 3 nitrogen and oxygen atoms in total. The fraction of sp³-hybridized carbons (Fsp3) is 0.636. The van der Waals surface area contributed by atoms with Gasteiger partial charge in [-0.1, -0.05) is 6.92 Å². The molecule has 0 aromatic carbocycles. The summed E-state index contributed by atoms with van der Waals surface area (Å²) < 4.78 is 0. The first-order valence-electron chi connectivity index (χ1n) is 5.40. The van der Waals surface area contributed by atoms with Gasteiger partial charge in [-0.3, -0.25) is 0 Å². The lowest BCUT2D eigenvalue weighted by Crippen LogP contribution is -2.24. The zero-order valence-electron chi connectivity index (χ0n) is 8.61. The molecule has 0 saturated heterocycles. The van der Waals surface area contributed by atoms with E-state index in [9.17, 15) is 0 Å². The van der Waals surface area contributed by atoms with E-state index in [-0.39, 0.29) is 0 Å². The summed E-state index contributed by atoms with van der Waals surface area (Å²) in [5, 5.41) is 3.57. The van der Waals surface area contributed by atoms with Gasteiger partial charge in [-0.2, -0.15) is 0 Å². The Morgan fingerprint density at radius 1 is 1.43 bits per heavy atom. The van der Waals surface area contributed by atoms with Crippen molar-refractivity contribution in [2.24, 2.45) is 5.92 Å². The lowest BCUT2D eigenvalue weighted by molar-refractivity contribution is 0.478. The molecule has 0 spiro atoms. The third kappa shape index (κ3) is 2.29. The molecule has 1 aromatic heterocycles. The van der Waals surface area contributed by atoms with Crippen LogP contribution < -0.4 is 5.32 Å². The van der Waals surface area contributed by atoms with E-state index in [0.29, 0.717) is 6.04 Å². The second-order valence-electron chi connectivity index (χ2n) is 3.94. The molecule has 76 valence electrons. The molecule has 3 heteroatoms. The first-order chi connectivity index (χ1) is 6.92. The van der Waals surface area contributed by atoms with E-state index in [4.69, 9.17) is 0 Å². The fourth-order valence-corrected chi connectivity index (χ4v) is 1.76. The van der Waals surface area contributed by atoms with Gasteiger partial charge in [0.25, 0.3) is 0 Å². The number of aromatic nitrogens is 2. The van der Waals surface area contributed by atoms with E-state index in [1.54, 1.807) is 6.33 Å². The zero-order valence-corrected chi connectivity index (χ0v) is 8.61. The number of nitrogens with one attached hydrogen (secondary N) is 1. The van der Waals surface area contributed by atoms with Crippen LogP contribution in [0.4, 0.5) is 0 Å². The number of nitrogens with zero attached hydrogens (tertiary/aromatic N) is 2. The van der Waals surface area contributed by atoms with Crippen LogP contribution in [-0.2, 0) is 0 Å². The molecule has 0 radical (unpaired) electrons. The van der Waals surface area contributed by atoms with Crippen molar-refractivity contribution < 1.29 is 0 Å². The fourth-order valence-electron chi connectivity index (χ4n) is 1.76. The van der Waals surface area contributed by atoms with Crippen molar-refractivity contribution in [3.8, 4) is 0 Å². The van der Waals surface area contributed by atoms with E-state index in [2.05, 4.69) is 22.2 Å². The van der Waals surface area contributed by atoms with E-state index in [1.807, 2.05) is 12.4 Å². The van der Waals surface area contributed by atoms with E-state index in [0.717, 1.165) is 12.5 Å². The maximum Gasteiger partial charge on any atom is 0.115 e. The second kappa shape index (κ2) is 4.51. The van der Waals surface area contributed by atoms with Crippen LogP contribution in [0.15, 0.2) is 18.7 Å². The van der Waals surface area contributed by atoms with E-state index in [1.165, 1.54) is 24.8 Å². The molecule has 14 heavy (non-hydrogen) atoms. The predicted molar refractivity (Wildman–Crippen MR) is 55.8 cm³/mol. The van der Waals surface area contributed by atoms with Gasteiger partial charge >= 0.3 is 0 Å². The minimum Gasteiger partial charge on any atom is -0.310 e. The summed E-state index contributed by atoms with van der Waals surface area (Å²) in [7, 11) is 0. The maximum absolute atomic E-state index is 4.07. The third-order valence-corrected chi connectivity index (χ3v) is 2.65. The van der Waals surface area contributed by atoms with Crippen LogP contribution in [0.5, 0.6) is 0 Å². The SMILES string of the molecule is CCCNC(c1cncnc1)C1CC1. The molecule has 1 aliphatic rings. The molecule has 1 unspecified atom stereocenters. The molecule has 0 aliphatic heterocycles. The topological polar surface area (TPSA) is 37.8 Å². The summed E-state index contributed by atoms with van der Waals surface area (Å²) in [6, 6.07) is 0.483. The average Bonchev–Trinajstić information content (AvgIpc) is 3.04. The minimum absolute atomic E-state index is 0.483. The standard InChI is InChI=1S/C11H17N3/c1-2-5-14-11(9-3-4-9)10-6-12-8-13-7-10/h6-9,11,14H,2-5H2,1H3. The van der Waals surface area contributed by atoms with Crippen molar-refractivity contribution in [3.05, 3.63) is 24.3 Å². The molecule has 1 fully saturated rings. The number of rotatable bonds is 5. The smallest absolute Gasteiger partial charge is 0.115 e. The van der Waals surface area contributed by atoms with Gasteiger partial charge in [-0.05, 0) is 31.7 Å². The maximum atomic E-state index is 4.07. The van der Waals surface area contributed by atoms with Crippen LogP contribution in [0, 0.1) is 5.92 Å². The molecule has 1 aliphatic carbocycles. The molecule has 1 aromatic rings. The molecule has 1 N–H and O–H groups in total. The Balaban J connectivity index is 2.02. The highest BCUT2D eigenvalue weighted by Crippen LogP contribution is 2.40. The van der Waals surface area contributed by atoms with Gasteiger partial charge in [0.2, 0.25) is 0 Å². The van der Waals surface area contributed by atoms with Crippen molar-refractivity contribution in [3.63, 3.8) is 0 Å². The van der Waals surface area contributed by atoms with Gasteiger partial charge in [0.05, 0.1) is 0 Å². The normalized spacial score (nSPS) is 18.1. The van der Waals surface area contributed by atoms with Crippen molar-refractivity contribution in [1.82, 2.24) is 15.3 Å². The summed E-state index contributed by atoms with van der Waals surface area (Å²) in [5.41, 5.74) is 1.24. The minimum atomic E-state index is 0.483. The first-order valence-corrected chi connectivity index (χ1v) is 5.40. The molecule has 1 saturated carbocycles. The Bertz CT molecular complexity index is 269. The Morgan fingerprint density at radius 2 is 2.14 bits per heavy atom. The molecule has 0 amide bonds. The van der Waals surface area contributed by atoms with Crippen LogP contribution >= 0.6 is 0 Å². The lowest BCUT2D eigenvalue weighted by atomic mass is 10.1. The summed E-state index contributed by atoms with van der Waals surface area (Å²) in [6.45, 7) is 3.27. The monoisotopic (exact) mass is 191 g/mol. The Hall–Kier alpha value is -0.960. The Labute approximate surface area is 85.0 Å². The van der Waals surface area contributed by atoms with Crippen LogP contribution in [0.25, 0.3) is 0 Å². The van der Waals surface area contributed by atoms with Crippen molar-refractivity contribution in [2.45, 2.75) is 32.2 Å². The molecular weight excluding hydrogens is 174 g/mol. The first kappa shape index (κ1) is 9.59. The van der Waals surface area contributed by atoms with Gasteiger partial charge in [-0.25, -0.2) is 9.97 Å². The van der Waals surface area contributed by atoms with Crippen LogP contribution in [0.2, 0.25) is 0 Å². The molecular formula is C11H17N3. The van der Waals surface area contributed by atoms with Gasteiger partial charge in [0.1, 0.15) is 6.33 Å². The van der Waals surface area contributed by atoms with Crippen molar-refractivity contribution in [2.75, 3.05) is 6.54 Å². The summed E-state index contributed by atoms with van der Waals surface area (Å²) in [6.07, 6.45) is 9.31. The Morgan fingerprint density at radius 3 is 2.71 bits per heavy atom. The van der Waals surface area contributed by atoms with E-state index < -0.39 is 0 Å². The number of hydrogen-bond donors (Lipinski definition) is 1. The van der Waals surface area contributed by atoms with Gasteiger partial charge in [0, 0.05) is 24.0 Å². The largest absolute Gasteiger partial charge is 0.310 e. The van der Waals surface area contributed by atoms with E-state index >= 15 is 0 Å². The van der Waals surface area contributed by atoms with Crippen molar-refractivity contribution in [1.29, 1.82) is 0 Å². The Kier molecular flexibility index (Phi) is 3.09. The predicted octanol–water partition coefficient (Wildman–Crippen LogP) is 1.93. The number of hydrogen-bond acceptors (Lipinski definition) is 3. The van der Waals surface area contributed by atoms with Gasteiger partial charge in [0.15, 0.2) is 0 Å². The summed E-state index contributed by atoms with van der Waals surface area (Å²) >= 11 is 0. The van der Waals surface area contributed by atoms with Gasteiger partial charge in [-0.15, -0.1) is 0 Å². The van der Waals surface area contributed by atoms with Crippen LogP contribution in [-0.4, -0.2) is 16.5 Å². The zero-order chi connectivity index (χ0) is 9.80. The van der Waals surface area contributed by atoms with Crippen LogP contribution in [0.3, 0.4) is 0 Å². The highest BCUT2D eigenvalue weighted by Gasteiger charge is 2.31. The summed E-state index contributed by atoms with van der Waals surface area (Å²) in [4.78, 5) is 8.15.